The van der Waals surface area contributed by atoms with Crippen LogP contribution in [0.3, 0.4) is 0 Å². The Morgan fingerprint density at radius 1 is 1.29 bits per heavy atom. The second-order valence-corrected chi connectivity index (χ2v) is 7.56. The Bertz CT molecular complexity index is 648. The van der Waals surface area contributed by atoms with Gasteiger partial charge in [-0.05, 0) is 38.4 Å². The maximum absolute atomic E-state index is 12.4. The summed E-state index contributed by atoms with van der Waals surface area (Å²) in [6.45, 7) is 6.61. The molecule has 1 aromatic rings. The number of H-pyrrole nitrogens is 1. The number of aromatic amines is 1. The van der Waals surface area contributed by atoms with Gasteiger partial charge in [-0.1, -0.05) is 11.8 Å². The topological polar surface area (TPSA) is 69.3 Å². The fourth-order valence-corrected chi connectivity index (χ4v) is 3.63. The molecule has 1 N–H and O–H groups in total. The van der Waals surface area contributed by atoms with Crippen LogP contribution in [0.4, 0.5) is 0 Å². The van der Waals surface area contributed by atoms with Crippen LogP contribution in [0.25, 0.3) is 0 Å². The lowest BCUT2D eigenvalue weighted by atomic mass is 10.1. The molecule has 1 saturated heterocycles. The number of rotatable bonds is 6. The maximum Gasteiger partial charge on any atom is 0.254 e. The van der Waals surface area contributed by atoms with Gasteiger partial charge in [0.2, 0.25) is 5.91 Å². The molecule has 0 spiro atoms. The van der Waals surface area contributed by atoms with E-state index in [1.807, 2.05) is 18.1 Å². The van der Waals surface area contributed by atoms with E-state index in [1.54, 1.807) is 0 Å². The first-order valence-electron chi connectivity index (χ1n) is 8.70. The van der Waals surface area contributed by atoms with E-state index >= 15 is 0 Å². The Hall–Kier alpha value is -1.34. The quantitative estimate of drug-likeness (QED) is 0.618. The van der Waals surface area contributed by atoms with Crippen LogP contribution in [0.2, 0.25) is 0 Å². The van der Waals surface area contributed by atoms with Crippen LogP contribution in [-0.2, 0) is 11.2 Å². The Morgan fingerprint density at radius 3 is 2.58 bits per heavy atom. The van der Waals surface area contributed by atoms with Crippen molar-refractivity contribution >= 4 is 17.7 Å². The second kappa shape index (κ2) is 7.70. The molecule has 24 heavy (non-hydrogen) atoms. The number of hydrogen-bond acceptors (Lipinski definition) is 5. The van der Waals surface area contributed by atoms with Gasteiger partial charge in [-0.3, -0.25) is 14.5 Å². The number of nitrogens with zero attached hydrogens (tertiary/aromatic N) is 3. The van der Waals surface area contributed by atoms with E-state index < -0.39 is 0 Å². The van der Waals surface area contributed by atoms with Crippen LogP contribution >= 0.6 is 11.8 Å². The molecule has 7 heteroatoms. The number of carbonyl (C=O) groups is 1. The number of aryl methyl sites for hydroxylation is 1. The Morgan fingerprint density at radius 2 is 2.00 bits per heavy atom. The molecular weight excluding hydrogens is 324 g/mol. The third kappa shape index (κ3) is 4.39. The molecule has 3 rings (SSSR count). The molecule has 6 nitrogen and oxygen atoms in total. The summed E-state index contributed by atoms with van der Waals surface area (Å²) in [4.78, 5) is 36.1. The van der Waals surface area contributed by atoms with Crippen molar-refractivity contribution in [3.05, 3.63) is 21.6 Å². The number of carbonyl (C=O) groups excluding carboxylic acids is 1. The van der Waals surface area contributed by atoms with Gasteiger partial charge in [0.15, 0.2) is 5.16 Å². The molecule has 0 atom stereocenters. The second-order valence-electron chi connectivity index (χ2n) is 6.76. The summed E-state index contributed by atoms with van der Waals surface area (Å²) in [5.41, 5.74) is 1.24. The molecule has 1 saturated carbocycles. The molecule has 2 fully saturated rings. The molecule has 132 valence electrons. The molecular formula is C17H26N4O2S. The lowest BCUT2D eigenvalue weighted by molar-refractivity contribution is -0.132. The Labute approximate surface area is 147 Å². The van der Waals surface area contributed by atoms with Crippen molar-refractivity contribution < 1.29 is 4.79 Å². The average molecular weight is 350 g/mol. The van der Waals surface area contributed by atoms with Crippen LogP contribution in [0.15, 0.2) is 9.95 Å². The van der Waals surface area contributed by atoms with E-state index in [9.17, 15) is 9.59 Å². The lowest BCUT2D eigenvalue weighted by Gasteiger charge is -2.34. The van der Waals surface area contributed by atoms with Gasteiger partial charge < -0.3 is 9.88 Å². The monoisotopic (exact) mass is 350 g/mol. The molecule has 0 radical (unpaired) electrons. The molecule has 1 aromatic heterocycles. The number of amides is 1. The smallest absolute Gasteiger partial charge is 0.254 e. The summed E-state index contributed by atoms with van der Waals surface area (Å²) in [5, 5.41) is 0.624. The van der Waals surface area contributed by atoms with E-state index in [0.29, 0.717) is 23.6 Å². The molecule has 0 unspecified atom stereocenters. The molecule has 2 heterocycles. The highest BCUT2D eigenvalue weighted by molar-refractivity contribution is 7.98. The average Bonchev–Trinajstić information content (AvgIpc) is 3.38. The Balaban J connectivity index is 1.50. The van der Waals surface area contributed by atoms with Crippen LogP contribution in [0, 0.1) is 12.8 Å². The SMILES string of the molecule is CSc1nc(C)c(CCC(=O)N2CCN(CC3CC3)CC2)c(=O)[nH]1. The van der Waals surface area contributed by atoms with Crippen molar-refractivity contribution in [3.8, 4) is 0 Å². The van der Waals surface area contributed by atoms with Crippen LogP contribution in [-0.4, -0.2) is 64.7 Å². The van der Waals surface area contributed by atoms with Gasteiger partial charge in [-0.25, -0.2) is 4.98 Å². The van der Waals surface area contributed by atoms with Gasteiger partial charge in [0.25, 0.3) is 5.56 Å². The normalized spacial score (nSPS) is 18.8. The summed E-state index contributed by atoms with van der Waals surface area (Å²) < 4.78 is 0. The van der Waals surface area contributed by atoms with Crippen molar-refractivity contribution in [2.45, 2.75) is 37.8 Å². The summed E-state index contributed by atoms with van der Waals surface area (Å²) >= 11 is 1.42. The van der Waals surface area contributed by atoms with Gasteiger partial charge in [-0.15, -0.1) is 0 Å². The minimum atomic E-state index is -0.117. The van der Waals surface area contributed by atoms with Gasteiger partial charge >= 0.3 is 0 Å². The third-order valence-electron chi connectivity index (χ3n) is 4.92. The molecule has 0 bridgehead atoms. The molecule has 2 aliphatic rings. The van der Waals surface area contributed by atoms with E-state index in [2.05, 4.69) is 14.9 Å². The first-order valence-corrected chi connectivity index (χ1v) is 9.93. The largest absolute Gasteiger partial charge is 0.340 e. The van der Waals surface area contributed by atoms with Crippen molar-refractivity contribution in [1.82, 2.24) is 19.8 Å². The third-order valence-corrected chi connectivity index (χ3v) is 5.50. The predicted molar refractivity (Wildman–Crippen MR) is 95.4 cm³/mol. The van der Waals surface area contributed by atoms with Gasteiger partial charge in [-0.2, -0.15) is 0 Å². The summed E-state index contributed by atoms with van der Waals surface area (Å²) in [5.74, 6) is 1.05. The molecule has 1 amide bonds. The molecule has 1 aliphatic carbocycles. The minimum Gasteiger partial charge on any atom is -0.340 e. The van der Waals surface area contributed by atoms with E-state index in [1.165, 1.54) is 31.1 Å². The zero-order valence-electron chi connectivity index (χ0n) is 14.5. The molecule has 0 aromatic carbocycles. The number of piperazine rings is 1. The first-order chi connectivity index (χ1) is 11.6. The van der Waals surface area contributed by atoms with Crippen molar-refractivity contribution in [2.24, 2.45) is 5.92 Å². The van der Waals surface area contributed by atoms with Crippen LogP contribution in [0.1, 0.15) is 30.5 Å². The zero-order chi connectivity index (χ0) is 17.1. The van der Waals surface area contributed by atoms with E-state index in [4.69, 9.17) is 0 Å². The summed E-state index contributed by atoms with van der Waals surface area (Å²) in [6.07, 6.45) is 5.47. The Kier molecular flexibility index (Phi) is 5.61. The predicted octanol–water partition coefficient (Wildman–Crippen LogP) is 1.29. The standard InChI is InChI=1S/C17H26N4O2S/c1-12-14(16(23)19-17(18-12)24-2)5-6-15(22)21-9-7-20(8-10-21)11-13-3-4-13/h13H,3-11H2,1-2H3,(H,18,19,23). The van der Waals surface area contributed by atoms with Crippen LogP contribution in [0.5, 0.6) is 0 Å². The van der Waals surface area contributed by atoms with Gasteiger partial charge in [0, 0.05) is 50.4 Å². The minimum absolute atomic E-state index is 0.117. The van der Waals surface area contributed by atoms with E-state index in [-0.39, 0.29) is 11.5 Å². The fourth-order valence-electron chi connectivity index (χ4n) is 3.21. The first kappa shape index (κ1) is 17.5. The number of aromatic nitrogens is 2. The highest BCUT2D eigenvalue weighted by atomic mass is 32.2. The number of thioether (sulfide) groups is 1. The maximum atomic E-state index is 12.4. The fraction of sp³-hybridized carbons (Fsp3) is 0.706. The van der Waals surface area contributed by atoms with E-state index in [0.717, 1.165) is 37.8 Å². The van der Waals surface area contributed by atoms with Crippen LogP contribution < -0.4 is 5.56 Å². The van der Waals surface area contributed by atoms with Gasteiger partial charge in [0.1, 0.15) is 0 Å². The lowest BCUT2D eigenvalue weighted by Crippen LogP contribution is -2.49. The zero-order valence-corrected chi connectivity index (χ0v) is 15.3. The highest BCUT2D eigenvalue weighted by Crippen LogP contribution is 2.29. The number of nitrogens with one attached hydrogen (secondary N) is 1. The van der Waals surface area contributed by atoms with Crippen molar-refractivity contribution in [1.29, 1.82) is 0 Å². The molecule has 1 aliphatic heterocycles. The van der Waals surface area contributed by atoms with Gasteiger partial charge in [0.05, 0.1) is 0 Å². The van der Waals surface area contributed by atoms with Crippen molar-refractivity contribution in [2.75, 3.05) is 39.0 Å². The summed E-state index contributed by atoms with van der Waals surface area (Å²) in [6, 6.07) is 0. The number of hydrogen-bond donors (Lipinski definition) is 1. The highest BCUT2D eigenvalue weighted by Gasteiger charge is 2.27. The van der Waals surface area contributed by atoms with Crippen molar-refractivity contribution in [3.63, 3.8) is 0 Å². The summed E-state index contributed by atoms with van der Waals surface area (Å²) in [7, 11) is 0.